The molecule has 1 nitrogen and oxygen atoms in total. The number of benzene rings is 1. The van der Waals surface area contributed by atoms with E-state index in [-0.39, 0.29) is 5.78 Å². The molecular formula is C10H8Cl4O. The first-order valence-electron chi connectivity index (χ1n) is 4.20. The molecule has 0 N–H and O–H groups in total. The molecule has 0 saturated heterocycles. The predicted octanol–water partition coefficient (Wildman–Crippen LogP) is 4.39. The van der Waals surface area contributed by atoms with Gasteiger partial charge in [-0.05, 0) is 25.0 Å². The van der Waals surface area contributed by atoms with E-state index in [1.54, 1.807) is 12.1 Å². The molecule has 0 aliphatic heterocycles. The van der Waals surface area contributed by atoms with Crippen molar-refractivity contribution in [3.05, 3.63) is 32.8 Å². The van der Waals surface area contributed by atoms with Crippen molar-refractivity contribution in [3.63, 3.8) is 0 Å². The Morgan fingerprint density at radius 3 is 2.40 bits per heavy atom. The highest BCUT2D eigenvalue weighted by Gasteiger charge is 2.15. The van der Waals surface area contributed by atoms with Gasteiger partial charge in [-0.2, -0.15) is 0 Å². The highest BCUT2D eigenvalue weighted by Crippen LogP contribution is 2.33. The van der Waals surface area contributed by atoms with Crippen LogP contribution in [0.25, 0.3) is 0 Å². The third kappa shape index (κ3) is 3.25. The van der Waals surface area contributed by atoms with Gasteiger partial charge in [0.15, 0.2) is 0 Å². The fraction of sp³-hybridized carbons (Fsp3) is 0.300. The number of hydrogen-bond acceptors (Lipinski definition) is 1. The lowest BCUT2D eigenvalue weighted by molar-refractivity contribution is -0.116. The summed E-state index contributed by atoms with van der Waals surface area (Å²) in [7, 11) is 0. The Bertz CT molecular complexity index is 389. The number of alkyl halides is 1. The minimum Gasteiger partial charge on any atom is -0.298 e. The van der Waals surface area contributed by atoms with Gasteiger partial charge >= 0.3 is 0 Å². The second-order valence-electron chi connectivity index (χ2n) is 3.12. The van der Waals surface area contributed by atoms with Gasteiger partial charge in [0.2, 0.25) is 0 Å². The lowest BCUT2D eigenvalue weighted by Gasteiger charge is -2.09. The standard InChI is InChI=1S/C10H8Cl4O/c1-5(15)8(12)4-6-2-3-7(11)10(14)9(6)13/h2-3,8H,4H2,1H3. The third-order valence-electron chi connectivity index (χ3n) is 1.96. The van der Waals surface area contributed by atoms with Gasteiger partial charge in [-0.25, -0.2) is 0 Å². The molecule has 0 aliphatic rings. The first-order chi connectivity index (χ1) is 6.93. The Balaban J connectivity index is 2.97. The number of carbonyl (C=O) groups is 1. The van der Waals surface area contributed by atoms with Crippen molar-refractivity contribution in [2.45, 2.75) is 18.7 Å². The normalized spacial score (nSPS) is 12.6. The molecule has 1 rings (SSSR count). The molecule has 0 amide bonds. The molecule has 0 heterocycles. The van der Waals surface area contributed by atoms with Crippen molar-refractivity contribution < 1.29 is 4.79 Å². The molecule has 1 aromatic carbocycles. The fourth-order valence-corrected chi connectivity index (χ4v) is 1.86. The topological polar surface area (TPSA) is 17.1 Å². The number of hydrogen-bond donors (Lipinski definition) is 0. The lowest BCUT2D eigenvalue weighted by Crippen LogP contribution is -2.13. The Labute approximate surface area is 108 Å². The molecule has 0 bridgehead atoms. The summed E-state index contributed by atoms with van der Waals surface area (Å²) in [6, 6.07) is 3.35. The van der Waals surface area contributed by atoms with Gasteiger partial charge in [0.25, 0.3) is 0 Å². The van der Waals surface area contributed by atoms with Gasteiger partial charge in [-0.3, -0.25) is 4.79 Å². The van der Waals surface area contributed by atoms with Crippen LogP contribution in [0.5, 0.6) is 0 Å². The summed E-state index contributed by atoms with van der Waals surface area (Å²) >= 11 is 23.4. The van der Waals surface area contributed by atoms with Gasteiger partial charge in [0.05, 0.1) is 20.4 Å². The minimum absolute atomic E-state index is 0.0983. The quantitative estimate of drug-likeness (QED) is 0.595. The molecule has 1 unspecified atom stereocenters. The first kappa shape index (κ1) is 13.1. The van der Waals surface area contributed by atoms with E-state index in [0.29, 0.717) is 21.5 Å². The summed E-state index contributed by atoms with van der Waals surface area (Å²) in [4.78, 5) is 11.0. The largest absolute Gasteiger partial charge is 0.298 e. The van der Waals surface area contributed by atoms with E-state index in [0.717, 1.165) is 5.56 Å². The Morgan fingerprint density at radius 2 is 1.87 bits per heavy atom. The molecule has 1 atom stereocenters. The van der Waals surface area contributed by atoms with Crippen LogP contribution >= 0.6 is 46.4 Å². The van der Waals surface area contributed by atoms with Crippen LogP contribution in [-0.2, 0) is 11.2 Å². The van der Waals surface area contributed by atoms with E-state index in [2.05, 4.69) is 0 Å². The summed E-state index contributed by atoms with van der Waals surface area (Å²) in [6.07, 6.45) is 0.354. The zero-order valence-electron chi connectivity index (χ0n) is 7.86. The second kappa shape index (κ2) is 5.40. The van der Waals surface area contributed by atoms with Gasteiger partial charge in [-0.1, -0.05) is 40.9 Å². The van der Waals surface area contributed by atoms with Crippen molar-refractivity contribution in [2.24, 2.45) is 0 Å². The predicted molar refractivity (Wildman–Crippen MR) is 65.5 cm³/mol. The number of carbonyl (C=O) groups excluding carboxylic acids is 1. The smallest absolute Gasteiger partial charge is 0.147 e. The molecule has 0 radical (unpaired) electrons. The van der Waals surface area contributed by atoms with Crippen molar-refractivity contribution in [2.75, 3.05) is 0 Å². The van der Waals surface area contributed by atoms with E-state index in [9.17, 15) is 4.79 Å². The van der Waals surface area contributed by atoms with Gasteiger partial charge in [-0.15, -0.1) is 11.6 Å². The average molecular weight is 286 g/mol. The van der Waals surface area contributed by atoms with Gasteiger partial charge < -0.3 is 0 Å². The molecule has 1 aromatic rings. The number of Topliss-reactive ketones (excluding diaryl/α,β-unsaturated/α-hetero) is 1. The van der Waals surface area contributed by atoms with E-state index < -0.39 is 5.38 Å². The maximum atomic E-state index is 11.0. The molecule has 5 heteroatoms. The average Bonchev–Trinajstić information content (AvgIpc) is 2.18. The van der Waals surface area contributed by atoms with E-state index in [1.807, 2.05) is 0 Å². The summed E-state index contributed by atoms with van der Waals surface area (Å²) < 4.78 is 0. The fourth-order valence-electron chi connectivity index (χ4n) is 1.06. The first-order valence-corrected chi connectivity index (χ1v) is 5.77. The minimum atomic E-state index is -0.584. The van der Waals surface area contributed by atoms with Crippen molar-refractivity contribution in [1.29, 1.82) is 0 Å². The lowest BCUT2D eigenvalue weighted by atomic mass is 10.1. The van der Waals surface area contributed by atoms with E-state index >= 15 is 0 Å². The maximum absolute atomic E-state index is 11.0. The van der Waals surface area contributed by atoms with E-state index in [1.165, 1.54) is 6.92 Å². The second-order valence-corrected chi connectivity index (χ2v) is 4.81. The van der Waals surface area contributed by atoms with Gasteiger partial charge in [0, 0.05) is 0 Å². The molecule has 0 aromatic heterocycles. The third-order valence-corrected chi connectivity index (χ3v) is 3.75. The van der Waals surface area contributed by atoms with Crippen LogP contribution in [0.2, 0.25) is 15.1 Å². The van der Waals surface area contributed by atoms with Crippen LogP contribution in [0.15, 0.2) is 12.1 Å². The van der Waals surface area contributed by atoms with Crippen LogP contribution in [0.3, 0.4) is 0 Å². The number of rotatable bonds is 3. The summed E-state index contributed by atoms with van der Waals surface area (Å²) in [5.74, 6) is -0.0983. The highest BCUT2D eigenvalue weighted by atomic mass is 35.5. The Morgan fingerprint density at radius 1 is 1.27 bits per heavy atom. The van der Waals surface area contributed by atoms with Crippen LogP contribution in [0.4, 0.5) is 0 Å². The maximum Gasteiger partial charge on any atom is 0.147 e. The Kier molecular flexibility index (Phi) is 4.72. The summed E-state index contributed by atoms with van der Waals surface area (Å²) in [5.41, 5.74) is 0.723. The van der Waals surface area contributed by atoms with E-state index in [4.69, 9.17) is 46.4 Å². The van der Waals surface area contributed by atoms with Crippen molar-refractivity contribution in [1.82, 2.24) is 0 Å². The molecule has 0 saturated carbocycles. The highest BCUT2D eigenvalue weighted by molar-refractivity contribution is 6.48. The SMILES string of the molecule is CC(=O)C(Cl)Cc1ccc(Cl)c(Cl)c1Cl. The van der Waals surface area contributed by atoms with Crippen LogP contribution in [-0.4, -0.2) is 11.2 Å². The molecule has 0 aliphatic carbocycles. The zero-order chi connectivity index (χ0) is 11.6. The van der Waals surface area contributed by atoms with Crippen molar-refractivity contribution >= 4 is 52.2 Å². The molecule has 15 heavy (non-hydrogen) atoms. The molecule has 0 spiro atoms. The molecule has 82 valence electrons. The molecule has 0 fully saturated rings. The van der Waals surface area contributed by atoms with Crippen LogP contribution in [0.1, 0.15) is 12.5 Å². The van der Waals surface area contributed by atoms with Crippen molar-refractivity contribution in [3.8, 4) is 0 Å². The number of ketones is 1. The van der Waals surface area contributed by atoms with Crippen LogP contribution < -0.4 is 0 Å². The Hall–Kier alpha value is 0.0500. The zero-order valence-corrected chi connectivity index (χ0v) is 10.9. The van der Waals surface area contributed by atoms with Gasteiger partial charge in [0.1, 0.15) is 5.78 Å². The molecular weight excluding hydrogens is 278 g/mol. The monoisotopic (exact) mass is 284 g/mol. The van der Waals surface area contributed by atoms with Crippen LogP contribution in [0, 0.1) is 0 Å². The summed E-state index contributed by atoms with van der Waals surface area (Å²) in [6.45, 7) is 1.43. The number of halogens is 4. The summed E-state index contributed by atoms with van der Waals surface area (Å²) in [5, 5.41) is 0.457.